The molecule has 0 fully saturated rings. The summed E-state index contributed by atoms with van der Waals surface area (Å²) in [6.45, 7) is 0.514. The van der Waals surface area contributed by atoms with Crippen LogP contribution < -0.4 is 0 Å². The molecule has 1 aromatic heterocycles. The summed E-state index contributed by atoms with van der Waals surface area (Å²) in [6, 6.07) is 10.2. The van der Waals surface area contributed by atoms with Crippen molar-refractivity contribution in [2.45, 2.75) is 24.2 Å². The fraction of sp³-hybridized carbons (Fsp3) is 0.357. The van der Waals surface area contributed by atoms with Crippen LogP contribution in [-0.4, -0.2) is 36.5 Å². The van der Waals surface area contributed by atoms with Gasteiger partial charge in [0.1, 0.15) is 4.90 Å². The first-order valence-corrected chi connectivity index (χ1v) is 8.04. The summed E-state index contributed by atoms with van der Waals surface area (Å²) in [4.78, 5) is 0.211. The molecule has 0 aliphatic carbocycles. The van der Waals surface area contributed by atoms with Crippen LogP contribution in [0, 0.1) is 0 Å². The molecular weight excluding hydrogens is 274 g/mol. The molecule has 0 unspecified atom stereocenters. The molecule has 1 N–H and O–H groups in total. The lowest BCUT2D eigenvalue weighted by atomic mass is 10.1. The third-order valence-corrected chi connectivity index (χ3v) is 5.03. The van der Waals surface area contributed by atoms with E-state index in [1.54, 1.807) is 7.05 Å². The van der Waals surface area contributed by atoms with Crippen LogP contribution in [0.3, 0.4) is 0 Å². The van der Waals surface area contributed by atoms with Crippen molar-refractivity contribution in [1.29, 1.82) is 0 Å². The molecule has 6 heteroatoms. The predicted octanol–water partition coefficient (Wildman–Crippen LogP) is 2.05. The molecule has 0 saturated heterocycles. The molecule has 5 nitrogen and oxygen atoms in total. The van der Waals surface area contributed by atoms with E-state index in [4.69, 9.17) is 0 Å². The maximum absolute atomic E-state index is 12.1. The molecule has 0 bridgehead atoms. The Bertz CT molecular complexity index is 609. The van der Waals surface area contributed by atoms with Gasteiger partial charge in [-0.15, -0.1) is 0 Å². The number of benzene rings is 1. The first kappa shape index (κ1) is 14.7. The minimum atomic E-state index is -3.40. The molecule has 108 valence electrons. The molecular formula is C14H19N3O2S. The van der Waals surface area contributed by atoms with Gasteiger partial charge in [0.25, 0.3) is 0 Å². The Hall–Kier alpha value is -1.66. The largest absolute Gasteiger partial charge is 0.284 e. The Labute approximate surface area is 119 Å². The van der Waals surface area contributed by atoms with Gasteiger partial charge in [-0.25, -0.2) is 12.7 Å². The average molecular weight is 293 g/mol. The van der Waals surface area contributed by atoms with Gasteiger partial charge in [-0.2, -0.15) is 5.10 Å². The van der Waals surface area contributed by atoms with Gasteiger partial charge < -0.3 is 0 Å². The van der Waals surface area contributed by atoms with Crippen LogP contribution in [0.1, 0.15) is 18.4 Å². The van der Waals surface area contributed by atoms with E-state index in [0.29, 0.717) is 6.54 Å². The topological polar surface area (TPSA) is 66.1 Å². The fourth-order valence-electron chi connectivity index (χ4n) is 1.99. The highest BCUT2D eigenvalue weighted by molar-refractivity contribution is 7.89. The molecule has 0 atom stereocenters. The van der Waals surface area contributed by atoms with Crippen LogP contribution in [0.15, 0.2) is 47.6 Å². The molecule has 20 heavy (non-hydrogen) atoms. The lowest BCUT2D eigenvalue weighted by Gasteiger charge is -2.15. The zero-order valence-corrected chi connectivity index (χ0v) is 12.3. The second-order valence-corrected chi connectivity index (χ2v) is 6.75. The highest BCUT2D eigenvalue weighted by atomic mass is 32.2. The second kappa shape index (κ2) is 6.67. The van der Waals surface area contributed by atoms with Crippen LogP contribution in [0.5, 0.6) is 0 Å². The molecule has 1 heterocycles. The SMILES string of the molecule is CN(CCCCc1ccccc1)S(=O)(=O)c1cn[nH]c1. The molecule has 0 amide bonds. The number of rotatable bonds is 7. The minimum absolute atomic E-state index is 0.211. The van der Waals surface area contributed by atoms with E-state index >= 15 is 0 Å². The van der Waals surface area contributed by atoms with Gasteiger partial charge >= 0.3 is 0 Å². The van der Waals surface area contributed by atoms with Crippen molar-refractivity contribution in [3.8, 4) is 0 Å². The van der Waals surface area contributed by atoms with Gasteiger partial charge in [0.2, 0.25) is 10.0 Å². The van der Waals surface area contributed by atoms with Gasteiger partial charge in [0, 0.05) is 19.8 Å². The fourth-order valence-corrected chi connectivity index (χ4v) is 3.11. The Morgan fingerprint density at radius 1 is 1.20 bits per heavy atom. The van der Waals surface area contributed by atoms with E-state index in [9.17, 15) is 8.42 Å². The van der Waals surface area contributed by atoms with Crippen molar-refractivity contribution < 1.29 is 8.42 Å². The highest BCUT2D eigenvalue weighted by Gasteiger charge is 2.20. The van der Waals surface area contributed by atoms with Crippen molar-refractivity contribution in [3.05, 3.63) is 48.3 Å². The Morgan fingerprint density at radius 2 is 1.95 bits per heavy atom. The molecule has 2 rings (SSSR count). The van der Waals surface area contributed by atoms with E-state index in [2.05, 4.69) is 22.3 Å². The average Bonchev–Trinajstić information content (AvgIpc) is 2.99. The van der Waals surface area contributed by atoms with E-state index < -0.39 is 10.0 Å². The first-order chi connectivity index (χ1) is 9.60. The Kier molecular flexibility index (Phi) is 4.92. The zero-order valence-electron chi connectivity index (χ0n) is 11.5. The number of sulfonamides is 1. The zero-order chi connectivity index (χ0) is 14.4. The number of aryl methyl sites for hydroxylation is 1. The molecule has 1 aromatic carbocycles. The van der Waals surface area contributed by atoms with Crippen molar-refractivity contribution in [3.63, 3.8) is 0 Å². The monoisotopic (exact) mass is 293 g/mol. The van der Waals surface area contributed by atoms with Crippen molar-refractivity contribution in [2.24, 2.45) is 0 Å². The third-order valence-electron chi connectivity index (χ3n) is 3.21. The van der Waals surface area contributed by atoms with Crippen LogP contribution in [-0.2, 0) is 16.4 Å². The summed E-state index contributed by atoms with van der Waals surface area (Å²) < 4.78 is 25.6. The van der Waals surface area contributed by atoms with Crippen molar-refractivity contribution in [1.82, 2.24) is 14.5 Å². The lowest BCUT2D eigenvalue weighted by molar-refractivity contribution is 0.455. The number of nitrogens with zero attached hydrogens (tertiary/aromatic N) is 2. The minimum Gasteiger partial charge on any atom is -0.284 e. The van der Waals surface area contributed by atoms with E-state index in [-0.39, 0.29) is 4.90 Å². The third kappa shape index (κ3) is 3.68. The standard InChI is InChI=1S/C14H19N3O2S/c1-17(20(18,19)14-11-15-16-12-14)10-6-5-9-13-7-3-2-4-8-13/h2-4,7-8,11-12H,5-6,9-10H2,1H3,(H,15,16). The molecule has 0 aliphatic heterocycles. The number of unbranched alkanes of at least 4 members (excludes halogenated alkanes) is 1. The van der Waals surface area contributed by atoms with Gasteiger partial charge in [0.15, 0.2) is 0 Å². The number of aromatic nitrogens is 2. The van der Waals surface area contributed by atoms with E-state index in [1.165, 1.54) is 22.3 Å². The maximum Gasteiger partial charge on any atom is 0.245 e. The molecule has 2 aromatic rings. The van der Waals surface area contributed by atoms with Crippen LogP contribution in [0.2, 0.25) is 0 Å². The smallest absolute Gasteiger partial charge is 0.245 e. The van der Waals surface area contributed by atoms with Crippen LogP contribution in [0.25, 0.3) is 0 Å². The molecule has 0 radical (unpaired) electrons. The first-order valence-electron chi connectivity index (χ1n) is 6.60. The van der Waals surface area contributed by atoms with Gasteiger partial charge in [-0.05, 0) is 24.8 Å². The summed E-state index contributed by atoms with van der Waals surface area (Å²) in [7, 11) is -1.80. The molecule has 0 spiro atoms. The van der Waals surface area contributed by atoms with Crippen molar-refractivity contribution in [2.75, 3.05) is 13.6 Å². The Balaban J connectivity index is 1.80. The number of aromatic amines is 1. The number of H-pyrrole nitrogens is 1. The van der Waals surface area contributed by atoms with Gasteiger partial charge in [0.05, 0.1) is 6.20 Å². The summed E-state index contributed by atoms with van der Waals surface area (Å²) in [5, 5.41) is 6.20. The highest BCUT2D eigenvalue weighted by Crippen LogP contribution is 2.13. The number of nitrogens with one attached hydrogen (secondary N) is 1. The number of hydrogen-bond acceptors (Lipinski definition) is 3. The predicted molar refractivity (Wildman–Crippen MR) is 77.8 cm³/mol. The quantitative estimate of drug-likeness (QED) is 0.795. The summed E-state index contributed by atoms with van der Waals surface area (Å²) in [5.74, 6) is 0. The summed E-state index contributed by atoms with van der Waals surface area (Å²) in [6.07, 6.45) is 5.50. The van der Waals surface area contributed by atoms with Crippen LogP contribution >= 0.6 is 0 Å². The van der Waals surface area contributed by atoms with Gasteiger partial charge in [-0.1, -0.05) is 30.3 Å². The van der Waals surface area contributed by atoms with E-state index in [0.717, 1.165) is 19.3 Å². The maximum atomic E-state index is 12.1. The second-order valence-electron chi connectivity index (χ2n) is 4.70. The van der Waals surface area contributed by atoms with Crippen LogP contribution in [0.4, 0.5) is 0 Å². The van der Waals surface area contributed by atoms with Gasteiger partial charge in [-0.3, -0.25) is 5.10 Å². The Morgan fingerprint density at radius 3 is 2.60 bits per heavy atom. The molecule has 0 saturated carbocycles. The lowest BCUT2D eigenvalue weighted by Crippen LogP contribution is -2.27. The molecule has 0 aliphatic rings. The summed E-state index contributed by atoms with van der Waals surface area (Å²) in [5.41, 5.74) is 1.29. The van der Waals surface area contributed by atoms with Crippen molar-refractivity contribution >= 4 is 10.0 Å². The summed E-state index contributed by atoms with van der Waals surface area (Å²) >= 11 is 0. The number of hydrogen-bond donors (Lipinski definition) is 1. The normalized spacial score (nSPS) is 11.9. The van der Waals surface area contributed by atoms with E-state index in [1.807, 2.05) is 18.2 Å².